The van der Waals surface area contributed by atoms with Crippen LogP contribution in [0.3, 0.4) is 0 Å². The van der Waals surface area contributed by atoms with Crippen LogP contribution in [0.5, 0.6) is 0 Å². The van der Waals surface area contributed by atoms with Crippen molar-refractivity contribution in [3.63, 3.8) is 0 Å². The largest absolute Gasteiger partial charge is 0.314 e. The van der Waals surface area contributed by atoms with E-state index in [1.54, 1.807) is 0 Å². The Morgan fingerprint density at radius 2 is 2.32 bits per heavy atom. The molecule has 0 aliphatic carbocycles. The van der Waals surface area contributed by atoms with Crippen LogP contribution >= 0.6 is 0 Å². The Morgan fingerprint density at radius 3 is 3.00 bits per heavy atom. The van der Waals surface area contributed by atoms with Crippen molar-refractivity contribution in [3.8, 4) is 0 Å². The highest BCUT2D eigenvalue weighted by molar-refractivity contribution is 5.03. The zero-order chi connectivity index (χ0) is 13.7. The number of nitrogens with one attached hydrogen (secondary N) is 1. The smallest absolute Gasteiger partial charge is 0.0534 e. The summed E-state index contributed by atoms with van der Waals surface area (Å²) in [5.74, 6) is 0.803. The maximum Gasteiger partial charge on any atom is 0.0534 e. The van der Waals surface area contributed by atoms with E-state index in [0.717, 1.165) is 25.6 Å². The van der Waals surface area contributed by atoms with Crippen LogP contribution in [0.15, 0.2) is 12.4 Å². The Bertz CT molecular complexity index is 372. The van der Waals surface area contributed by atoms with Crippen LogP contribution in [0, 0.1) is 5.92 Å². The van der Waals surface area contributed by atoms with E-state index in [9.17, 15) is 0 Å². The van der Waals surface area contributed by atoms with Gasteiger partial charge in [0.05, 0.1) is 6.20 Å². The van der Waals surface area contributed by atoms with Gasteiger partial charge in [-0.05, 0) is 38.8 Å². The van der Waals surface area contributed by atoms with Crippen LogP contribution < -0.4 is 5.32 Å². The van der Waals surface area contributed by atoms with Crippen molar-refractivity contribution in [1.82, 2.24) is 20.0 Å². The Morgan fingerprint density at radius 1 is 1.47 bits per heavy atom. The minimum atomic E-state index is 0.596. The van der Waals surface area contributed by atoms with Gasteiger partial charge in [-0.25, -0.2) is 0 Å². The molecule has 0 saturated carbocycles. The zero-order valence-electron chi connectivity index (χ0n) is 12.6. The molecular weight excluding hydrogens is 236 g/mol. The van der Waals surface area contributed by atoms with Crippen molar-refractivity contribution >= 4 is 0 Å². The molecule has 1 atom stereocenters. The van der Waals surface area contributed by atoms with Crippen molar-refractivity contribution in [2.24, 2.45) is 5.92 Å². The van der Waals surface area contributed by atoms with E-state index in [2.05, 4.69) is 42.3 Å². The monoisotopic (exact) mass is 264 g/mol. The average molecular weight is 264 g/mol. The molecule has 19 heavy (non-hydrogen) atoms. The van der Waals surface area contributed by atoms with E-state index in [-0.39, 0.29) is 0 Å². The van der Waals surface area contributed by atoms with Gasteiger partial charge in [-0.15, -0.1) is 0 Å². The highest BCUT2D eigenvalue weighted by Crippen LogP contribution is 2.18. The molecule has 0 bridgehead atoms. The second kappa shape index (κ2) is 7.06. The second-order valence-corrected chi connectivity index (χ2v) is 6.01. The van der Waals surface area contributed by atoms with Gasteiger partial charge in [-0.3, -0.25) is 9.58 Å². The quantitative estimate of drug-likeness (QED) is 0.854. The first-order valence-corrected chi connectivity index (χ1v) is 7.64. The lowest BCUT2D eigenvalue weighted by atomic mass is 9.97. The first-order chi connectivity index (χ1) is 9.17. The molecule has 2 heterocycles. The number of hydrogen-bond donors (Lipinski definition) is 1. The van der Waals surface area contributed by atoms with Gasteiger partial charge in [0.15, 0.2) is 0 Å². The summed E-state index contributed by atoms with van der Waals surface area (Å²) in [7, 11) is 0. The Balaban J connectivity index is 1.80. The number of piperidine rings is 1. The number of nitrogens with zero attached hydrogens (tertiary/aromatic N) is 3. The molecular formula is C15H28N4. The van der Waals surface area contributed by atoms with Gasteiger partial charge in [0, 0.05) is 37.4 Å². The highest BCUT2D eigenvalue weighted by Gasteiger charge is 2.20. The zero-order valence-corrected chi connectivity index (χ0v) is 12.6. The molecule has 1 unspecified atom stereocenters. The van der Waals surface area contributed by atoms with E-state index in [4.69, 9.17) is 0 Å². The third-order valence-electron chi connectivity index (χ3n) is 3.83. The number of aromatic nitrogens is 2. The molecule has 0 spiro atoms. The van der Waals surface area contributed by atoms with E-state index in [1.807, 2.05) is 10.9 Å². The van der Waals surface area contributed by atoms with E-state index < -0.39 is 0 Å². The van der Waals surface area contributed by atoms with Gasteiger partial charge >= 0.3 is 0 Å². The number of likely N-dealkylation sites (tertiary alicyclic amines) is 1. The third kappa shape index (κ3) is 4.62. The number of hydrogen-bond acceptors (Lipinski definition) is 3. The minimum absolute atomic E-state index is 0.596. The molecule has 4 nitrogen and oxygen atoms in total. The molecule has 1 N–H and O–H groups in total. The van der Waals surface area contributed by atoms with Crippen LogP contribution in [0.2, 0.25) is 0 Å². The highest BCUT2D eigenvalue weighted by atomic mass is 15.3. The normalized spacial score (nSPS) is 21.2. The molecule has 1 fully saturated rings. The van der Waals surface area contributed by atoms with Gasteiger partial charge in [-0.1, -0.05) is 13.8 Å². The number of aryl methyl sites for hydroxylation is 1. The van der Waals surface area contributed by atoms with Crippen molar-refractivity contribution in [2.75, 3.05) is 19.6 Å². The van der Waals surface area contributed by atoms with Crippen molar-refractivity contribution < 1.29 is 0 Å². The minimum Gasteiger partial charge on any atom is -0.314 e. The summed E-state index contributed by atoms with van der Waals surface area (Å²) in [6.07, 6.45) is 6.88. The fourth-order valence-electron chi connectivity index (χ4n) is 2.78. The maximum atomic E-state index is 4.36. The predicted octanol–water partition coefficient (Wildman–Crippen LogP) is 2.11. The van der Waals surface area contributed by atoms with Crippen LogP contribution in [-0.4, -0.2) is 40.4 Å². The lowest BCUT2D eigenvalue weighted by Gasteiger charge is -2.33. The molecule has 4 heteroatoms. The Hall–Kier alpha value is -0.870. The fourth-order valence-corrected chi connectivity index (χ4v) is 2.78. The Kier molecular flexibility index (Phi) is 5.40. The predicted molar refractivity (Wildman–Crippen MR) is 79.0 cm³/mol. The summed E-state index contributed by atoms with van der Waals surface area (Å²) in [6.45, 7) is 12.2. The van der Waals surface area contributed by atoms with Crippen LogP contribution in [-0.2, 0) is 13.1 Å². The van der Waals surface area contributed by atoms with Crippen LogP contribution in [0.25, 0.3) is 0 Å². The molecule has 1 aliphatic heterocycles. The molecule has 1 aliphatic rings. The summed E-state index contributed by atoms with van der Waals surface area (Å²) in [4.78, 5) is 2.58. The second-order valence-electron chi connectivity index (χ2n) is 6.01. The van der Waals surface area contributed by atoms with E-state index >= 15 is 0 Å². The van der Waals surface area contributed by atoms with E-state index in [0.29, 0.717) is 6.04 Å². The Labute approximate surface area is 117 Å². The van der Waals surface area contributed by atoms with Gasteiger partial charge < -0.3 is 5.32 Å². The summed E-state index contributed by atoms with van der Waals surface area (Å²) < 4.78 is 2.01. The van der Waals surface area contributed by atoms with Gasteiger partial charge in [0.25, 0.3) is 0 Å². The summed E-state index contributed by atoms with van der Waals surface area (Å²) in [5.41, 5.74) is 1.35. The maximum absolute atomic E-state index is 4.36. The molecule has 1 aromatic rings. The third-order valence-corrected chi connectivity index (χ3v) is 3.83. The SMILES string of the molecule is CCn1cc(CN2CCCC(CNC(C)C)C2)cn1. The molecule has 0 radical (unpaired) electrons. The summed E-state index contributed by atoms with van der Waals surface area (Å²) in [6, 6.07) is 0.596. The van der Waals surface area contributed by atoms with Crippen molar-refractivity contribution in [1.29, 1.82) is 0 Å². The lowest BCUT2D eigenvalue weighted by molar-refractivity contribution is 0.164. The molecule has 0 aromatic carbocycles. The van der Waals surface area contributed by atoms with Gasteiger partial charge in [0.1, 0.15) is 0 Å². The molecule has 2 rings (SSSR count). The summed E-state index contributed by atoms with van der Waals surface area (Å²) >= 11 is 0. The molecule has 0 amide bonds. The fraction of sp³-hybridized carbons (Fsp3) is 0.800. The van der Waals surface area contributed by atoms with Gasteiger partial charge in [0.2, 0.25) is 0 Å². The lowest BCUT2D eigenvalue weighted by Crippen LogP contribution is -2.40. The standard InChI is InChI=1S/C15H28N4/c1-4-19-12-15(9-17-19)11-18-7-5-6-14(10-18)8-16-13(2)3/h9,12-14,16H,4-8,10-11H2,1-3H3. The van der Waals surface area contributed by atoms with Crippen LogP contribution in [0.4, 0.5) is 0 Å². The van der Waals surface area contributed by atoms with Crippen LogP contribution in [0.1, 0.15) is 39.2 Å². The summed E-state index contributed by atoms with van der Waals surface area (Å²) in [5, 5.41) is 7.93. The van der Waals surface area contributed by atoms with Crippen molar-refractivity contribution in [2.45, 2.75) is 52.7 Å². The molecule has 108 valence electrons. The van der Waals surface area contributed by atoms with Crippen molar-refractivity contribution in [3.05, 3.63) is 18.0 Å². The topological polar surface area (TPSA) is 33.1 Å². The first kappa shape index (κ1) is 14.5. The molecule has 1 aromatic heterocycles. The first-order valence-electron chi connectivity index (χ1n) is 7.64. The van der Waals surface area contributed by atoms with Gasteiger partial charge in [-0.2, -0.15) is 5.10 Å². The van der Waals surface area contributed by atoms with E-state index in [1.165, 1.54) is 31.5 Å². The number of rotatable bonds is 6. The average Bonchev–Trinajstić information content (AvgIpc) is 2.84. The molecule has 1 saturated heterocycles.